The van der Waals surface area contributed by atoms with E-state index in [0.717, 1.165) is 25.7 Å². The Hall–Kier alpha value is -2.28. The van der Waals surface area contributed by atoms with Crippen molar-refractivity contribution in [2.45, 2.75) is 43.0 Å². The van der Waals surface area contributed by atoms with Gasteiger partial charge in [-0.3, -0.25) is 14.4 Å². The van der Waals surface area contributed by atoms with Gasteiger partial charge in [0.15, 0.2) is 11.0 Å². The van der Waals surface area contributed by atoms with Gasteiger partial charge in [-0.25, -0.2) is 9.19 Å². The van der Waals surface area contributed by atoms with Crippen LogP contribution in [0.4, 0.5) is 11.5 Å². The monoisotopic (exact) mass is 345 g/mol. The van der Waals surface area contributed by atoms with Gasteiger partial charge in [-0.05, 0) is 37.1 Å². The van der Waals surface area contributed by atoms with Gasteiger partial charge < -0.3 is 0 Å². The van der Waals surface area contributed by atoms with E-state index in [1.807, 2.05) is 22.5 Å². The van der Waals surface area contributed by atoms with Gasteiger partial charge in [-0.1, -0.05) is 25.3 Å². The third kappa shape index (κ3) is 3.62. The van der Waals surface area contributed by atoms with E-state index in [2.05, 4.69) is 4.98 Å². The molecule has 0 radical (unpaired) electrons. The number of anilines is 1. The van der Waals surface area contributed by atoms with Gasteiger partial charge in [0.2, 0.25) is 0 Å². The Morgan fingerprint density at radius 2 is 1.79 bits per heavy atom. The molecular weight excluding hydrogens is 326 g/mol. The lowest BCUT2D eigenvalue weighted by Crippen LogP contribution is -2.38. The molecule has 1 fully saturated rings. The number of nitro benzene ring substituents is 1. The lowest BCUT2D eigenvalue weighted by atomic mass is 9.95. The second-order valence-electron chi connectivity index (χ2n) is 5.81. The van der Waals surface area contributed by atoms with Crippen molar-refractivity contribution in [2.24, 2.45) is 0 Å². The zero-order valence-electron chi connectivity index (χ0n) is 13.2. The Kier molecular flexibility index (Phi) is 5.20. The summed E-state index contributed by atoms with van der Waals surface area (Å²) in [5.41, 5.74) is -0.00203. The topological polar surface area (TPSA) is 76.3 Å². The van der Waals surface area contributed by atoms with Gasteiger partial charge in [0.1, 0.15) is 5.82 Å². The van der Waals surface area contributed by atoms with E-state index in [4.69, 9.17) is 0 Å². The Balaban J connectivity index is 1.92. The van der Waals surface area contributed by atoms with Gasteiger partial charge >= 0.3 is 0 Å². The molecule has 1 aliphatic rings. The Labute approximate surface area is 143 Å². The number of non-ortho nitro benzene ring substituents is 1. The number of nitro groups is 1. The number of benzene rings is 1. The fraction of sp³-hybridized carbons (Fsp3) is 0.353. The predicted octanol–water partition coefficient (Wildman–Crippen LogP) is 3.85. The summed E-state index contributed by atoms with van der Waals surface area (Å²) in [6.07, 6.45) is 7.09. The van der Waals surface area contributed by atoms with Crippen molar-refractivity contribution in [3.8, 4) is 0 Å². The fourth-order valence-electron chi connectivity index (χ4n) is 3.00. The first kappa shape index (κ1) is 16.6. The van der Waals surface area contributed by atoms with Gasteiger partial charge in [0.05, 0.1) is 9.82 Å². The molecule has 24 heavy (non-hydrogen) atoms. The van der Waals surface area contributed by atoms with E-state index in [0.29, 0.717) is 10.7 Å². The minimum absolute atomic E-state index is 0.00203. The third-order valence-corrected chi connectivity index (χ3v) is 5.73. The first-order valence-corrected chi connectivity index (χ1v) is 9.14. The maximum absolute atomic E-state index is 13.2. The summed E-state index contributed by atoms with van der Waals surface area (Å²) in [7, 11) is -1.44. The molecule has 0 bridgehead atoms. The standard InChI is InChI=1S/C17H19N3O3S/c21-20(22)15-9-11-16(12-10-15)24(23)19(14-6-2-1-3-7-14)17-8-4-5-13-18-17/h4-5,8-14H,1-3,6-7H2. The van der Waals surface area contributed by atoms with Gasteiger partial charge in [0, 0.05) is 24.4 Å². The van der Waals surface area contributed by atoms with E-state index in [1.165, 1.54) is 18.6 Å². The summed E-state index contributed by atoms with van der Waals surface area (Å²) in [6.45, 7) is 0. The number of hydrogen-bond donors (Lipinski definition) is 0. The minimum atomic E-state index is -1.44. The Bertz CT molecular complexity index is 716. The van der Waals surface area contributed by atoms with Gasteiger partial charge in [0.25, 0.3) is 5.69 Å². The normalized spacial score (nSPS) is 16.5. The van der Waals surface area contributed by atoms with E-state index >= 15 is 0 Å². The molecule has 0 amide bonds. The summed E-state index contributed by atoms with van der Waals surface area (Å²) in [6, 6.07) is 11.7. The largest absolute Gasteiger partial charge is 0.269 e. The van der Waals surface area contributed by atoms with Crippen LogP contribution in [0.5, 0.6) is 0 Å². The fourth-order valence-corrected chi connectivity index (χ4v) is 4.36. The molecule has 3 rings (SSSR count). The summed E-state index contributed by atoms with van der Waals surface area (Å²) in [4.78, 5) is 15.3. The molecule has 1 atom stereocenters. The van der Waals surface area contributed by atoms with Crippen LogP contribution in [0.1, 0.15) is 32.1 Å². The Morgan fingerprint density at radius 3 is 2.38 bits per heavy atom. The molecule has 1 heterocycles. The van der Waals surface area contributed by atoms with Gasteiger partial charge in [-0.15, -0.1) is 0 Å². The van der Waals surface area contributed by atoms with Crippen LogP contribution in [0, 0.1) is 10.1 Å². The maximum Gasteiger partial charge on any atom is 0.269 e. The number of rotatable bonds is 5. The molecule has 1 aromatic carbocycles. The van der Waals surface area contributed by atoms with Crippen LogP contribution in [0.2, 0.25) is 0 Å². The van der Waals surface area contributed by atoms with Crippen LogP contribution in [0.3, 0.4) is 0 Å². The van der Waals surface area contributed by atoms with E-state index in [-0.39, 0.29) is 11.7 Å². The number of nitrogens with zero attached hydrogens (tertiary/aromatic N) is 3. The van der Waals surface area contributed by atoms with Crippen LogP contribution < -0.4 is 4.31 Å². The SMILES string of the molecule is O=[N+]([O-])c1ccc(S(=O)N(c2ccccn2)C2CCCCC2)cc1. The number of hydrogen-bond acceptors (Lipinski definition) is 4. The van der Waals surface area contributed by atoms with Crippen molar-refractivity contribution >= 4 is 22.5 Å². The molecule has 0 saturated heterocycles. The number of aromatic nitrogens is 1. The number of pyridine rings is 1. The van der Waals surface area contributed by atoms with Crippen molar-refractivity contribution in [2.75, 3.05) is 4.31 Å². The highest BCUT2D eigenvalue weighted by molar-refractivity contribution is 7.86. The highest BCUT2D eigenvalue weighted by Crippen LogP contribution is 2.30. The Morgan fingerprint density at radius 1 is 1.08 bits per heavy atom. The molecule has 1 saturated carbocycles. The average Bonchev–Trinajstić information content (AvgIpc) is 2.64. The average molecular weight is 345 g/mol. The second-order valence-corrected chi connectivity index (χ2v) is 7.17. The van der Waals surface area contributed by atoms with Crippen LogP contribution in [-0.4, -0.2) is 20.2 Å². The van der Waals surface area contributed by atoms with Crippen molar-refractivity contribution in [3.05, 3.63) is 58.8 Å². The summed E-state index contributed by atoms with van der Waals surface area (Å²) >= 11 is 0. The molecule has 1 aliphatic carbocycles. The smallest absolute Gasteiger partial charge is 0.269 e. The van der Waals surface area contributed by atoms with Crippen LogP contribution in [0.15, 0.2) is 53.6 Å². The van der Waals surface area contributed by atoms with Crippen molar-refractivity contribution in [1.82, 2.24) is 4.98 Å². The van der Waals surface area contributed by atoms with Crippen molar-refractivity contribution < 1.29 is 9.13 Å². The first-order chi connectivity index (χ1) is 11.7. The highest BCUT2D eigenvalue weighted by atomic mass is 32.2. The molecule has 2 aromatic rings. The van der Waals surface area contributed by atoms with Crippen LogP contribution in [-0.2, 0) is 11.0 Å². The van der Waals surface area contributed by atoms with Crippen molar-refractivity contribution in [1.29, 1.82) is 0 Å². The quantitative estimate of drug-likeness (QED) is 0.609. The zero-order chi connectivity index (χ0) is 16.9. The first-order valence-electron chi connectivity index (χ1n) is 8.03. The maximum atomic E-state index is 13.2. The summed E-state index contributed by atoms with van der Waals surface area (Å²) in [5.74, 6) is 0.682. The second kappa shape index (κ2) is 7.53. The molecular formula is C17H19N3O3S. The summed E-state index contributed by atoms with van der Waals surface area (Å²) in [5, 5.41) is 10.8. The lowest BCUT2D eigenvalue weighted by Gasteiger charge is -2.33. The molecule has 0 spiro atoms. The molecule has 0 aliphatic heterocycles. The highest BCUT2D eigenvalue weighted by Gasteiger charge is 2.28. The van der Waals surface area contributed by atoms with Gasteiger partial charge in [-0.2, -0.15) is 0 Å². The van der Waals surface area contributed by atoms with Crippen LogP contribution >= 0.6 is 0 Å². The minimum Gasteiger partial charge on any atom is -0.269 e. The zero-order valence-corrected chi connectivity index (χ0v) is 14.0. The molecule has 7 heteroatoms. The lowest BCUT2D eigenvalue weighted by molar-refractivity contribution is -0.384. The molecule has 126 valence electrons. The molecule has 1 unspecified atom stereocenters. The van der Waals surface area contributed by atoms with Crippen molar-refractivity contribution in [3.63, 3.8) is 0 Å². The van der Waals surface area contributed by atoms with Crippen LogP contribution in [0.25, 0.3) is 0 Å². The molecule has 6 nitrogen and oxygen atoms in total. The predicted molar refractivity (Wildman–Crippen MR) is 93.1 cm³/mol. The molecule has 0 N–H and O–H groups in total. The summed E-state index contributed by atoms with van der Waals surface area (Å²) < 4.78 is 15.0. The van der Waals surface area contributed by atoms with E-state index < -0.39 is 15.9 Å². The van der Waals surface area contributed by atoms with E-state index in [9.17, 15) is 14.3 Å². The molecule has 1 aromatic heterocycles. The van der Waals surface area contributed by atoms with E-state index in [1.54, 1.807) is 18.3 Å². The third-order valence-electron chi connectivity index (χ3n) is 4.21.